The van der Waals surface area contributed by atoms with Crippen molar-refractivity contribution in [2.24, 2.45) is 0 Å². The minimum Gasteiger partial charge on any atom is -0.372 e. The van der Waals surface area contributed by atoms with Crippen LogP contribution in [0.1, 0.15) is 39.0 Å². The fourth-order valence-electron chi connectivity index (χ4n) is 2.20. The molecule has 1 heteroatoms. The Morgan fingerprint density at radius 3 is 2.62 bits per heavy atom. The van der Waals surface area contributed by atoms with Crippen LogP contribution in [0.2, 0.25) is 0 Å². The van der Waals surface area contributed by atoms with Gasteiger partial charge in [0.05, 0.1) is 0 Å². The number of hydrogen-bond donors (Lipinski definition) is 0. The molecule has 1 aliphatic carbocycles. The standard InChI is InChI=1S/C12H19N/c1-11-6-5-7-12(10-11)13-8-3-2-4-9-13/h7,10H,2-6,8-9H2,1H3. The van der Waals surface area contributed by atoms with Gasteiger partial charge in [0.25, 0.3) is 0 Å². The first-order valence-corrected chi connectivity index (χ1v) is 5.48. The third kappa shape index (κ3) is 2.15. The van der Waals surface area contributed by atoms with E-state index in [1.165, 1.54) is 50.9 Å². The van der Waals surface area contributed by atoms with Crippen molar-refractivity contribution in [1.82, 2.24) is 4.90 Å². The molecule has 0 spiro atoms. The van der Waals surface area contributed by atoms with Crippen LogP contribution >= 0.6 is 0 Å². The lowest BCUT2D eigenvalue weighted by molar-refractivity contribution is 0.291. The Bertz CT molecular complexity index is 232. The van der Waals surface area contributed by atoms with Gasteiger partial charge in [-0.25, -0.2) is 0 Å². The maximum absolute atomic E-state index is 2.55. The van der Waals surface area contributed by atoms with Crippen LogP contribution in [0.15, 0.2) is 23.4 Å². The molecular formula is C12H19N. The predicted octanol–water partition coefficient (Wildman–Crippen LogP) is 3.10. The average molecular weight is 177 g/mol. The number of hydrogen-bond acceptors (Lipinski definition) is 1. The fraction of sp³-hybridized carbons (Fsp3) is 0.667. The summed E-state index contributed by atoms with van der Waals surface area (Å²) in [5, 5.41) is 0. The highest BCUT2D eigenvalue weighted by Gasteiger charge is 2.13. The first-order valence-electron chi connectivity index (χ1n) is 5.48. The summed E-state index contributed by atoms with van der Waals surface area (Å²) in [5.41, 5.74) is 3.03. The minimum absolute atomic E-state index is 1.24. The van der Waals surface area contributed by atoms with E-state index < -0.39 is 0 Å². The number of piperidine rings is 1. The summed E-state index contributed by atoms with van der Waals surface area (Å²) >= 11 is 0. The van der Waals surface area contributed by atoms with Crippen molar-refractivity contribution in [2.45, 2.75) is 39.0 Å². The van der Waals surface area contributed by atoms with E-state index in [9.17, 15) is 0 Å². The van der Waals surface area contributed by atoms with Crippen LogP contribution in [0.4, 0.5) is 0 Å². The summed E-state index contributed by atoms with van der Waals surface area (Å²) in [6.07, 6.45) is 11.5. The van der Waals surface area contributed by atoms with E-state index in [2.05, 4.69) is 24.0 Å². The second-order valence-electron chi connectivity index (χ2n) is 4.21. The van der Waals surface area contributed by atoms with Crippen molar-refractivity contribution < 1.29 is 0 Å². The van der Waals surface area contributed by atoms with Crippen LogP contribution in [0.5, 0.6) is 0 Å². The topological polar surface area (TPSA) is 3.24 Å². The van der Waals surface area contributed by atoms with Gasteiger partial charge in [-0.05, 0) is 45.1 Å². The molecule has 0 amide bonds. The Hall–Kier alpha value is -0.720. The van der Waals surface area contributed by atoms with Gasteiger partial charge in [-0.1, -0.05) is 11.6 Å². The molecule has 1 fully saturated rings. The first kappa shape index (κ1) is 8.86. The average Bonchev–Trinajstić information content (AvgIpc) is 2.19. The molecule has 1 nitrogen and oxygen atoms in total. The molecule has 1 aliphatic heterocycles. The Morgan fingerprint density at radius 1 is 1.15 bits per heavy atom. The largest absolute Gasteiger partial charge is 0.372 e. The van der Waals surface area contributed by atoms with Crippen LogP contribution in [-0.2, 0) is 0 Å². The lowest BCUT2D eigenvalue weighted by Crippen LogP contribution is -2.28. The molecule has 0 aromatic rings. The van der Waals surface area contributed by atoms with E-state index in [1.54, 1.807) is 5.57 Å². The fourth-order valence-corrected chi connectivity index (χ4v) is 2.20. The first-order chi connectivity index (χ1) is 6.36. The van der Waals surface area contributed by atoms with Crippen molar-refractivity contribution in [3.63, 3.8) is 0 Å². The van der Waals surface area contributed by atoms with Crippen molar-refractivity contribution >= 4 is 0 Å². The van der Waals surface area contributed by atoms with Crippen LogP contribution in [0.3, 0.4) is 0 Å². The van der Waals surface area contributed by atoms with E-state index in [0.717, 1.165) is 0 Å². The molecule has 0 aromatic heterocycles. The molecule has 0 aromatic carbocycles. The number of allylic oxidation sites excluding steroid dienone is 3. The molecule has 13 heavy (non-hydrogen) atoms. The molecule has 0 N–H and O–H groups in total. The van der Waals surface area contributed by atoms with E-state index >= 15 is 0 Å². The van der Waals surface area contributed by atoms with Crippen LogP contribution < -0.4 is 0 Å². The van der Waals surface area contributed by atoms with E-state index in [4.69, 9.17) is 0 Å². The summed E-state index contributed by atoms with van der Waals surface area (Å²) < 4.78 is 0. The van der Waals surface area contributed by atoms with Crippen molar-refractivity contribution in [3.05, 3.63) is 23.4 Å². The molecular weight excluding hydrogens is 158 g/mol. The monoisotopic (exact) mass is 177 g/mol. The molecule has 1 heterocycles. The highest BCUT2D eigenvalue weighted by Crippen LogP contribution is 2.22. The van der Waals surface area contributed by atoms with Gasteiger partial charge in [-0.15, -0.1) is 0 Å². The molecule has 72 valence electrons. The van der Waals surface area contributed by atoms with Gasteiger partial charge in [0.2, 0.25) is 0 Å². The number of nitrogens with zero attached hydrogens (tertiary/aromatic N) is 1. The maximum atomic E-state index is 2.55. The van der Waals surface area contributed by atoms with Crippen LogP contribution in [-0.4, -0.2) is 18.0 Å². The second kappa shape index (κ2) is 3.99. The van der Waals surface area contributed by atoms with Crippen molar-refractivity contribution in [3.8, 4) is 0 Å². The molecule has 0 unspecified atom stereocenters. The summed E-state index contributed by atoms with van der Waals surface area (Å²) in [6.45, 7) is 4.79. The van der Waals surface area contributed by atoms with E-state index in [1.807, 2.05) is 0 Å². The van der Waals surface area contributed by atoms with E-state index in [0.29, 0.717) is 0 Å². The number of rotatable bonds is 1. The van der Waals surface area contributed by atoms with Gasteiger partial charge in [0, 0.05) is 18.8 Å². The molecule has 0 atom stereocenters. The molecule has 0 saturated carbocycles. The number of likely N-dealkylation sites (tertiary alicyclic amines) is 1. The van der Waals surface area contributed by atoms with Gasteiger partial charge in [-0.2, -0.15) is 0 Å². The predicted molar refractivity (Wildman–Crippen MR) is 56.5 cm³/mol. The SMILES string of the molecule is CC1=CC(N2CCCCC2)=CCC1. The van der Waals surface area contributed by atoms with Gasteiger partial charge >= 0.3 is 0 Å². The molecule has 0 radical (unpaired) electrons. The summed E-state index contributed by atoms with van der Waals surface area (Å²) in [6, 6.07) is 0. The lowest BCUT2D eigenvalue weighted by Gasteiger charge is -2.31. The molecule has 2 aliphatic rings. The molecule has 0 bridgehead atoms. The van der Waals surface area contributed by atoms with Crippen molar-refractivity contribution in [2.75, 3.05) is 13.1 Å². The summed E-state index contributed by atoms with van der Waals surface area (Å²) in [4.78, 5) is 2.55. The normalized spacial score (nSPS) is 23.9. The third-order valence-electron chi connectivity index (χ3n) is 3.01. The Balaban J connectivity index is 2.02. The summed E-state index contributed by atoms with van der Waals surface area (Å²) in [5.74, 6) is 0. The zero-order chi connectivity index (χ0) is 9.10. The van der Waals surface area contributed by atoms with Gasteiger partial charge in [0.15, 0.2) is 0 Å². The summed E-state index contributed by atoms with van der Waals surface area (Å²) in [7, 11) is 0. The Kier molecular flexibility index (Phi) is 2.72. The second-order valence-corrected chi connectivity index (χ2v) is 4.21. The van der Waals surface area contributed by atoms with E-state index in [-0.39, 0.29) is 0 Å². The maximum Gasteiger partial charge on any atom is 0.0325 e. The molecule has 2 rings (SSSR count). The zero-order valence-electron chi connectivity index (χ0n) is 8.55. The Labute approximate surface area is 81.1 Å². The van der Waals surface area contributed by atoms with Crippen LogP contribution in [0.25, 0.3) is 0 Å². The lowest BCUT2D eigenvalue weighted by atomic mass is 10.0. The van der Waals surface area contributed by atoms with Gasteiger partial charge < -0.3 is 4.90 Å². The van der Waals surface area contributed by atoms with Gasteiger partial charge in [0.1, 0.15) is 0 Å². The molecule has 1 saturated heterocycles. The zero-order valence-corrected chi connectivity index (χ0v) is 8.55. The minimum atomic E-state index is 1.24. The highest BCUT2D eigenvalue weighted by atomic mass is 15.1. The quantitative estimate of drug-likeness (QED) is 0.595. The van der Waals surface area contributed by atoms with Crippen LogP contribution in [0, 0.1) is 0 Å². The van der Waals surface area contributed by atoms with Crippen molar-refractivity contribution in [1.29, 1.82) is 0 Å². The van der Waals surface area contributed by atoms with Gasteiger partial charge in [-0.3, -0.25) is 0 Å². The third-order valence-corrected chi connectivity index (χ3v) is 3.01. The smallest absolute Gasteiger partial charge is 0.0325 e. The highest BCUT2D eigenvalue weighted by molar-refractivity contribution is 5.26. The Morgan fingerprint density at radius 2 is 1.92 bits per heavy atom.